The first-order valence-electron chi connectivity index (χ1n) is 6.86. The van der Waals surface area contributed by atoms with E-state index in [1.165, 1.54) is 11.3 Å². The van der Waals surface area contributed by atoms with Gasteiger partial charge >= 0.3 is 0 Å². The topological polar surface area (TPSA) is 20.3 Å². The summed E-state index contributed by atoms with van der Waals surface area (Å²) in [4.78, 5) is 12.6. The number of aldehydes is 1. The first kappa shape index (κ1) is 14.8. The Labute approximate surface area is 126 Å². The Bertz CT molecular complexity index is 634. The van der Waals surface area contributed by atoms with E-state index in [-0.39, 0.29) is 0 Å². The van der Waals surface area contributed by atoms with Crippen LogP contribution in [0.3, 0.4) is 0 Å². The fourth-order valence-corrected chi connectivity index (χ4v) is 1.90. The maximum Gasteiger partial charge on any atom is 0.150 e. The van der Waals surface area contributed by atoms with E-state index in [2.05, 4.69) is 35.2 Å². The van der Waals surface area contributed by atoms with Gasteiger partial charge in [-0.2, -0.15) is 0 Å². The Hall–Kier alpha value is -2.61. The third-order valence-electron chi connectivity index (χ3n) is 3.17. The Kier molecular flexibility index (Phi) is 5.10. The van der Waals surface area contributed by atoms with E-state index in [9.17, 15) is 4.79 Å². The number of hydrogen-bond donors (Lipinski definition) is 0. The van der Waals surface area contributed by atoms with Gasteiger partial charge in [0.1, 0.15) is 6.29 Å². The quantitative estimate of drug-likeness (QED) is 0.600. The van der Waals surface area contributed by atoms with Crippen molar-refractivity contribution in [1.29, 1.82) is 0 Å². The van der Waals surface area contributed by atoms with Crippen LogP contribution in [0, 0.1) is 0 Å². The van der Waals surface area contributed by atoms with Gasteiger partial charge in [0.2, 0.25) is 0 Å². The van der Waals surface area contributed by atoms with Crippen LogP contribution in [-0.2, 0) is 0 Å². The molecule has 0 aromatic heterocycles. The van der Waals surface area contributed by atoms with Crippen molar-refractivity contribution < 1.29 is 4.79 Å². The lowest BCUT2D eigenvalue weighted by Gasteiger charge is -2.11. The van der Waals surface area contributed by atoms with Gasteiger partial charge in [0.15, 0.2) is 0 Å². The molecule has 2 nitrogen and oxygen atoms in total. The van der Waals surface area contributed by atoms with Gasteiger partial charge in [0, 0.05) is 25.3 Å². The average molecular weight is 277 g/mol. The summed E-state index contributed by atoms with van der Waals surface area (Å²) in [6.45, 7) is 0. The third kappa shape index (κ3) is 4.46. The minimum Gasteiger partial charge on any atom is -0.378 e. The highest BCUT2D eigenvalue weighted by atomic mass is 16.1. The number of carbonyl (C=O) groups excluding carboxylic acids is 1. The molecular weight excluding hydrogens is 258 g/mol. The van der Waals surface area contributed by atoms with Crippen LogP contribution in [0.1, 0.15) is 21.5 Å². The van der Waals surface area contributed by atoms with Crippen LogP contribution in [0.25, 0.3) is 12.2 Å². The van der Waals surface area contributed by atoms with Crippen molar-refractivity contribution in [3.8, 4) is 0 Å². The molecular formula is C19H19NO. The normalized spacial score (nSPS) is 11.1. The molecule has 0 heterocycles. The fourth-order valence-electron chi connectivity index (χ4n) is 1.90. The summed E-state index contributed by atoms with van der Waals surface area (Å²) in [6.07, 6.45) is 8.94. The molecule has 0 saturated carbocycles. The maximum absolute atomic E-state index is 10.6. The molecule has 0 saturated heterocycles. The number of hydrogen-bond acceptors (Lipinski definition) is 2. The Morgan fingerprint density at radius 1 is 0.714 bits per heavy atom. The second-order valence-electron chi connectivity index (χ2n) is 4.99. The van der Waals surface area contributed by atoms with Gasteiger partial charge in [0.05, 0.1) is 0 Å². The molecule has 2 rings (SSSR count). The first-order chi connectivity index (χ1) is 10.2. The molecule has 0 aliphatic heterocycles. The summed E-state index contributed by atoms with van der Waals surface area (Å²) in [5, 5.41) is 0. The molecule has 0 spiro atoms. The molecule has 2 aromatic rings. The van der Waals surface area contributed by atoms with Gasteiger partial charge in [-0.25, -0.2) is 0 Å². The van der Waals surface area contributed by atoms with Crippen molar-refractivity contribution in [2.45, 2.75) is 0 Å². The van der Waals surface area contributed by atoms with Crippen molar-refractivity contribution in [3.63, 3.8) is 0 Å². The molecule has 0 aliphatic rings. The highest BCUT2D eigenvalue weighted by Crippen LogP contribution is 2.13. The standard InChI is InChI=1S/C19H19NO/c1-20(2)19-13-11-17(12-14-19)6-4-3-5-16-7-9-18(15-21)10-8-16/h3-15H,1-2H3. The van der Waals surface area contributed by atoms with Crippen LogP contribution >= 0.6 is 0 Å². The molecule has 21 heavy (non-hydrogen) atoms. The van der Waals surface area contributed by atoms with E-state index < -0.39 is 0 Å². The van der Waals surface area contributed by atoms with Crippen LogP contribution in [-0.4, -0.2) is 20.4 Å². The Balaban J connectivity index is 1.97. The molecule has 0 N–H and O–H groups in total. The maximum atomic E-state index is 10.6. The molecule has 0 bridgehead atoms. The van der Waals surface area contributed by atoms with E-state index in [0.29, 0.717) is 5.56 Å². The van der Waals surface area contributed by atoms with Crippen LogP contribution < -0.4 is 4.90 Å². The zero-order valence-corrected chi connectivity index (χ0v) is 12.4. The van der Waals surface area contributed by atoms with E-state index in [1.54, 1.807) is 0 Å². The molecule has 0 unspecified atom stereocenters. The lowest BCUT2D eigenvalue weighted by Crippen LogP contribution is -2.07. The number of nitrogens with zero attached hydrogens (tertiary/aromatic N) is 1. The lowest BCUT2D eigenvalue weighted by molar-refractivity contribution is 0.112. The zero-order valence-electron chi connectivity index (χ0n) is 12.4. The number of carbonyl (C=O) groups is 1. The molecule has 106 valence electrons. The van der Waals surface area contributed by atoms with Gasteiger partial charge in [-0.3, -0.25) is 4.79 Å². The molecule has 2 aromatic carbocycles. The number of rotatable bonds is 5. The second kappa shape index (κ2) is 7.25. The summed E-state index contributed by atoms with van der Waals surface area (Å²) in [5.74, 6) is 0. The van der Waals surface area contributed by atoms with E-state index in [4.69, 9.17) is 0 Å². The highest BCUT2D eigenvalue weighted by molar-refractivity contribution is 5.75. The predicted octanol–water partition coefficient (Wildman–Crippen LogP) is 4.29. The number of anilines is 1. The van der Waals surface area contributed by atoms with Crippen molar-refractivity contribution >= 4 is 24.1 Å². The predicted molar refractivity (Wildman–Crippen MR) is 90.7 cm³/mol. The van der Waals surface area contributed by atoms with Crippen LogP contribution in [0.4, 0.5) is 5.69 Å². The molecule has 0 radical (unpaired) electrons. The molecule has 2 heteroatoms. The number of benzene rings is 2. The Morgan fingerprint density at radius 3 is 1.57 bits per heavy atom. The van der Waals surface area contributed by atoms with Gasteiger partial charge in [-0.05, 0) is 23.3 Å². The monoisotopic (exact) mass is 277 g/mol. The SMILES string of the molecule is CN(C)c1ccc(C=CC=Cc2ccc(C=O)cc2)cc1. The molecule has 0 fully saturated rings. The summed E-state index contributed by atoms with van der Waals surface area (Å²) in [6, 6.07) is 15.9. The average Bonchev–Trinajstić information content (AvgIpc) is 2.52. The Morgan fingerprint density at radius 2 is 1.14 bits per heavy atom. The highest BCUT2D eigenvalue weighted by Gasteiger charge is 1.93. The summed E-state index contributed by atoms with van der Waals surface area (Å²) >= 11 is 0. The minimum atomic E-state index is 0.698. The third-order valence-corrected chi connectivity index (χ3v) is 3.17. The summed E-state index contributed by atoms with van der Waals surface area (Å²) < 4.78 is 0. The van der Waals surface area contributed by atoms with E-state index in [0.717, 1.165) is 11.8 Å². The summed E-state index contributed by atoms with van der Waals surface area (Å²) in [7, 11) is 4.06. The molecule has 0 aliphatic carbocycles. The van der Waals surface area contributed by atoms with Crippen LogP contribution in [0.5, 0.6) is 0 Å². The van der Waals surface area contributed by atoms with Crippen molar-refractivity contribution in [2.24, 2.45) is 0 Å². The largest absolute Gasteiger partial charge is 0.378 e. The lowest BCUT2D eigenvalue weighted by atomic mass is 10.1. The van der Waals surface area contributed by atoms with Crippen LogP contribution in [0.15, 0.2) is 60.7 Å². The van der Waals surface area contributed by atoms with Crippen molar-refractivity contribution in [2.75, 3.05) is 19.0 Å². The van der Waals surface area contributed by atoms with E-state index >= 15 is 0 Å². The van der Waals surface area contributed by atoms with Crippen molar-refractivity contribution in [3.05, 3.63) is 77.4 Å². The van der Waals surface area contributed by atoms with Crippen LogP contribution in [0.2, 0.25) is 0 Å². The van der Waals surface area contributed by atoms with Crippen molar-refractivity contribution in [1.82, 2.24) is 0 Å². The fraction of sp³-hybridized carbons (Fsp3) is 0.105. The number of allylic oxidation sites excluding steroid dienone is 2. The second-order valence-corrected chi connectivity index (χ2v) is 4.99. The van der Waals surface area contributed by atoms with Gasteiger partial charge in [-0.15, -0.1) is 0 Å². The first-order valence-corrected chi connectivity index (χ1v) is 6.86. The zero-order chi connectivity index (χ0) is 15.1. The smallest absolute Gasteiger partial charge is 0.150 e. The summed E-state index contributed by atoms with van der Waals surface area (Å²) in [5.41, 5.74) is 4.14. The van der Waals surface area contributed by atoms with E-state index in [1.807, 2.05) is 56.6 Å². The molecule has 0 atom stereocenters. The van der Waals surface area contributed by atoms with Gasteiger partial charge in [-0.1, -0.05) is 60.7 Å². The van der Waals surface area contributed by atoms with Gasteiger partial charge in [0.25, 0.3) is 0 Å². The van der Waals surface area contributed by atoms with Gasteiger partial charge < -0.3 is 4.90 Å². The minimum absolute atomic E-state index is 0.698. The molecule has 0 amide bonds.